The van der Waals surface area contributed by atoms with E-state index in [4.69, 9.17) is 9.84 Å². The lowest BCUT2D eigenvalue weighted by Crippen LogP contribution is -2.49. The van der Waals surface area contributed by atoms with Crippen LogP contribution < -0.4 is 0 Å². The van der Waals surface area contributed by atoms with E-state index in [1.807, 2.05) is 0 Å². The molecule has 1 fully saturated rings. The summed E-state index contributed by atoms with van der Waals surface area (Å²) in [6, 6.07) is -0.686. The van der Waals surface area contributed by atoms with Gasteiger partial charge in [-0.05, 0) is 19.9 Å². The first kappa shape index (κ1) is 13.4. The molecule has 16 heavy (non-hydrogen) atoms. The molecule has 0 amide bonds. The number of hydrogen-bond acceptors (Lipinski definition) is 4. The van der Waals surface area contributed by atoms with Crippen molar-refractivity contribution in [2.24, 2.45) is 0 Å². The lowest BCUT2D eigenvalue weighted by atomic mass is 10.0. The minimum Gasteiger partial charge on any atom is -0.480 e. The standard InChI is InChI=1S/C11H21NO4/c1-12(9(7-16-2)10(13)14)8-11(15)5-3-4-6-11/h9,15H,3-8H2,1-2H3,(H,13,14). The van der Waals surface area contributed by atoms with E-state index in [9.17, 15) is 9.90 Å². The summed E-state index contributed by atoms with van der Waals surface area (Å²) in [7, 11) is 3.20. The quantitative estimate of drug-likeness (QED) is 0.689. The van der Waals surface area contributed by atoms with Crippen LogP contribution in [0.2, 0.25) is 0 Å². The third kappa shape index (κ3) is 3.43. The maximum Gasteiger partial charge on any atom is 0.323 e. The summed E-state index contributed by atoms with van der Waals surface area (Å²) in [6.07, 6.45) is 3.56. The van der Waals surface area contributed by atoms with Crippen LogP contribution in [-0.2, 0) is 9.53 Å². The minimum absolute atomic E-state index is 0.141. The van der Waals surface area contributed by atoms with Crippen LogP contribution in [-0.4, -0.2) is 60.0 Å². The van der Waals surface area contributed by atoms with Gasteiger partial charge in [-0.3, -0.25) is 9.69 Å². The number of carboxylic acids is 1. The monoisotopic (exact) mass is 231 g/mol. The van der Waals surface area contributed by atoms with Gasteiger partial charge in [0.05, 0.1) is 12.2 Å². The SMILES string of the molecule is COCC(C(=O)O)N(C)CC1(O)CCCC1. The first-order valence-electron chi connectivity index (χ1n) is 5.63. The van der Waals surface area contributed by atoms with Crippen LogP contribution in [0.15, 0.2) is 0 Å². The number of ether oxygens (including phenoxy) is 1. The Hall–Kier alpha value is -0.650. The van der Waals surface area contributed by atoms with Crippen molar-refractivity contribution < 1.29 is 19.7 Å². The van der Waals surface area contributed by atoms with Crippen molar-refractivity contribution in [1.82, 2.24) is 4.90 Å². The summed E-state index contributed by atoms with van der Waals surface area (Å²) in [5.41, 5.74) is -0.712. The molecular weight excluding hydrogens is 210 g/mol. The molecule has 5 heteroatoms. The zero-order valence-corrected chi connectivity index (χ0v) is 9.98. The van der Waals surface area contributed by atoms with Crippen LogP contribution in [0.25, 0.3) is 0 Å². The Bertz CT molecular complexity index is 238. The Balaban J connectivity index is 2.53. The first-order valence-corrected chi connectivity index (χ1v) is 5.63. The largest absolute Gasteiger partial charge is 0.480 e. The number of carboxylic acid groups (broad SMARTS) is 1. The second kappa shape index (κ2) is 5.61. The summed E-state index contributed by atoms with van der Waals surface area (Å²) < 4.78 is 4.88. The zero-order valence-electron chi connectivity index (χ0n) is 9.98. The summed E-state index contributed by atoms with van der Waals surface area (Å²) in [6.45, 7) is 0.537. The molecule has 0 aliphatic heterocycles. The molecule has 1 unspecified atom stereocenters. The van der Waals surface area contributed by atoms with Crippen molar-refractivity contribution >= 4 is 5.97 Å². The first-order chi connectivity index (χ1) is 7.48. The molecule has 1 aliphatic carbocycles. The second-order valence-electron chi connectivity index (χ2n) is 4.66. The van der Waals surface area contributed by atoms with E-state index in [2.05, 4.69) is 0 Å². The van der Waals surface area contributed by atoms with Crippen molar-refractivity contribution in [2.75, 3.05) is 27.3 Å². The van der Waals surface area contributed by atoms with E-state index in [1.54, 1.807) is 11.9 Å². The fraction of sp³-hybridized carbons (Fsp3) is 0.909. The van der Waals surface area contributed by atoms with Gasteiger partial charge >= 0.3 is 5.97 Å². The van der Waals surface area contributed by atoms with Gasteiger partial charge in [0, 0.05) is 13.7 Å². The van der Waals surface area contributed by atoms with E-state index in [0.717, 1.165) is 25.7 Å². The van der Waals surface area contributed by atoms with Gasteiger partial charge in [-0.25, -0.2) is 0 Å². The number of aliphatic carboxylic acids is 1. The van der Waals surface area contributed by atoms with Gasteiger partial charge < -0.3 is 14.9 Å². The zero-order chi connectivity index (χ0) is 12.2. The molecular formula is C11H21NO4. The fourth-order valence-electron chi connectivity index (χ4n) is 2.31. The number of hydrogen-bond donors (Lipinski definition) is 2. The lowest BCUT2D eigenvalue weighted by Gasteiger charge is -2.31. The van der Waals surface area contributed by atoms with E-state index >= 15 is 0 Å². The van der Waals surface area contributed by atoms with Gasteiger partial charge in [-0.15, -0.1) is 0 Å². The van der Waals surface area contributed by atoms with E-state index in [0.29, 0.717) is 6.54 Å². The third-order valence-electron chi connectivity index (χ3n) is 3.22. The maximum absolute atomic E-state index is 11.0. The van der Waals surface area contributed by atoms with Gasteiger partial charge in [-0.1, -0.05) is 12.8 Å². The Morgan fingerprint density at radius 1 is 1.50 bits per heavy atom. The molecule has 2 N–H and O–H groups in total. The van der Waals surface area contributed by atoms with Crippen LogP contribution in [0.1, 0.15) is 25.7 Å². The molecule has 0 aromatic rings. The summed E-state index contributed by atoms with van der Waals surface area (Å²) in [4.78, 5) is 12.7. The Morgan fingerprint density at radius 3 is 2.50 bits per heavy atom. The third-order valence-corrected chi connectivity index (χ3v) is 3.22. The normalized spacial score (nSPS) is 21.2. The van der Waals surface area contributed by atoms with E-state index < -0.39 is 17.6 Å². The highest BCUT2D eigenvalue weighted by atomic mass is 16.5. The molecule has 1 rings (SSSR count). The van der Waals surface area contributed by atoms with Crippen LogP contribution in [0, 0.1) is 0 Å². The number of aliphatic hydroxyl groups is 1. The van der Waals surface area contributed by atoms with Gasteiger partial charge in [0.15, 0.2) is 0 Å². The average molecular weight is 231 g/mol. The number of likely N-dealkylation sites (N-methyl/N-ethyl adjacent to an activating group) is 1. The molecule has 94 valence electrons. The van der Waals surface area contributed by atoms with Crippen LogP contribution >= 0.6 is 0 Å². The van der Waals surface area contributed by atoms with Crippen molar-refractivity contribution in [3.05, 3.63) is 0 Å². The fourth-order valence-corrected chi connectivity index (χ4v) is 2.31. The summed E-state index contributed by atoms with van der Waals surface area (Å²) in [5.74, 6) is -0.911. The molecule has 0 bridgehead atoms. The molecule has 1 atom stereocenters. The predicted molar refractivity (Wildman–Crippen MR) is 59.3 cm³/mol. The smallest absolute Gasteiger partial charge is 0.323 e. The van der Waals surface area contributed by atoms with Crippen molar-refractivity contribution in [1.29, 1.82) is 0 Å². The van der Waals surface area contributed by atoms with Gasteiger partial charge in [0.25, 0.3) is 0 Å². The molecule has 0 aromatic carbocycles. The molecule has 1 saturated carbocycles. The van der Waals surface area contributed by atoms with Gasteiger partial charge in [0.2, 0.25) is 0 Å². The Labute approximate surface area is 96.0 Å². The molecule has 1 aliphatic rings. The predicted octanol–water partition coefficient (Wildman–Crippen LogP) is 0.323. The minimum atomic E-state index is -0.911. The van der Waals surface area contributed by atoms with Crippen molar-refractivity contribution in [3.8, 4) is 0 Å². The van der Waals surface area contributed by atoms with Gasteiger partial charge in [0.1, 0.15) is 6.04 Å². The highest BCUT2D eigenvalue weighted by Crippen LogP contribution is 2.30. The lowest BCUT2D eigenvalue weighted by molar-refractivity contribution is -0.146. The van der Waals surface area contributed by atoms with Gasteiger partial charge in [-0.2, -0.15) is 0 Å². The highest BCUT2D eigenvalue weighted by Gasteiger charge is 2.35. The van der Waals surface area contributed by atoms with Crippen LogP contribution in [0.4, 0.5) is 0 Å². The topological polar surface area (TPSA) is 70.0 Å². The number of nitrogens with zero attached hydrogens (tertiary/aromatic N) is 1. The number of rotatable bonds is 6. The molecule has 0 heterocycles. The van der Waals surface area contributed by atoms with Crippen LogP contribution in [0.5, 0.6) is 0 Å². The molecule has 0 spiro atoms. The van der Waals surface area contributed by atoms with Crippen molar-refractivity contribution in [2.45, 2.75) is 37.3 Å². The summed E-state index contributed by atoms with van der Waals surface area (Å²) in [5, 5.41) is 19.2. The Morgan fingerprint density at radius 2 is 2.06 bits per heavy atom. The molecule has 0 radical (unpaired) electrons. The molecule has 0 aromatic heterocycles. The highest BCUT2D eigenvalue weighted by molar-refractivity contribution is 5.73. The second-order valence-corrected chi connectivity index (χ2v) is 4.66. The number of methoxy groups -OCH3 is 1. The van der Waals surface area contributed by atoms with Crippen LogP contribution in [0.3, 0.4) is 0 Å². The molecule has 0 saturated heterocycles. The average Bonchev–Trinajstić information content (AvgIpc) is 2.60. The van der Waals surface area contributed by atoms with E-state index in [1.165, 1.54) is 7.11 Å². The summed E-state index contributed by atoms with van der Waals surface area (Å²) >= 11 is 0. The maximum atomic E-state index is 11.0. The van der Waals surface area contributed by atoms with E-state index in [-0.39, 0.29) is 6.61 Å². The molecule has 5 nitrogen and oxygen atoms in total. The Kier molecular flexibility index (Phi) is 4.70. The van der Waals surface area contributed by atoms with Crippen molar-refractivity contribution in [3.63, 3.8) is 0 Å². The number of carbonyl (C=O) groups is 1.